The summed E-state index contributed by atoms with van der Waals surface area (Å²) in [5, 5.41) is 1.46. The predicted molar refractivity (Wildman–Crippen MR) is 113 cm³/mol. The summed E-state index contributed by atoms with van der Waals surface area (Å²) in [5.74, 6) is 2.98. The van der Waals surface area contributed by atoms with Crippen LogP contribution in [0.5, 0.6) is 0 Å². The van der Waals surface area contributed by atoms with Crippen LogP contribution < -0.4 is 10.6 Å². The van der Waals surface area contributed by atoms with Crippen LogP contribution in [0.25, 0.3) is 10.9 Å². The van der Waals surface area contributed by atoms with E-state index >= 15 is 0 Å². The van der Waals surface area contributed by atoms with Crippen LogP contribution in [0.1, 0.15) is 24.1 Å². The lowest BCUT2D eigenvalue weighted by Crippen LogP contribution is -2.46. The molecule has 1 aromatic carbocycles. The van der Waals surface area contributed by atoms with Gasteiger partial charge in [-0.3, -0.25) is 4.90 Å². The van der Waals surface area contributed by atoms with Crippen LogP contribution in [0.15, 0.2) is 24.3 Å². The van der Waals surface area contributed by atoms with E-state index in [1.54, 1.807) is 0 Å². The fourth-order valence-electron chi connectivity index (χ4n) is 3.65. The highest BCUT2D eigenvalue weighted by Crippen LogP contribution is 2.26. The summed E-state index contributed by atoms with van der Waals surface area (Å²) in [6, 6.07) is 7.85. The zero-order valence-electron chi connectivity index (χ0n) is 16.2. The van der Waals surface area contributed by atoms with Gasteiger partial charge in [0.15, 0.2) is 0 Å². The number of nitrogens with zero attached hydrogens (tertiary/aromatic N) is 6. The summed E-state index contributed by atoms with van der Waals surface area (Å²) < 4.78 is 0. The molecule has 4 rings (SSSR count). The Kier molecular flexibility index (Phi) is 5.28. The second kappa shape index (κ2) is 7.85. The Balaban J connectivity index is 1.47. The fraction of sp³-hybridized carbons (Fsp3) is 0.400. The van der Waals surface area contributed by atoms with Gasteiger partial charge in [-0.25, -0.2) is 19.9 Å². The van der Waals surface area contributed by atoms with Crippen LogP contribution in [-0.2, 0) is 13.0 Å². The van der Waals surface area contributed by atoms with Gasteiger partial charge in [0.2, 0.25) is 0 Å². The predicted octanol–water partition coefficient (Wildman–Crippen LogP) is 2.85. The fourth-order valence-corrected chi connectivity index (χ4v) is 3.99. The zero-order valence-corrected chi connectivity index (χ0v) is 16.9. The average molecular weight is 398 g/mol. The van der Waals surface area contributed by atoms with Gasteiger partial charge in [0, 0.05) is 37.1 Å². The molecule has 0 atom stereocenters. The first-order chi connectivity index (χ1) is 13.5. The molecule has 0 aliphatic carbocycles. The summed E-state index contributed by atoms with van der Waals surface area (Å²) in [7, 11) is 0. The van der Waals surface area contributed by atoms with Crippen molar-refractivity contribution in [2.45, 2.75) is 26.8 Å². The van der Waals surface area contributed by atoms with Crippen LogP contribution in [0.2, 0.25) is 5.15 Å². The maximum atomic E-state index is 6.34. The molecule has 1 aliphatic heterocycles. The van der Waals surface area contributed by atoms with Gasteiger partial charge < -0.3 is 10.6 Å². The van der Waals surface area contributed by atoms with Crippen LogP contribution in [0.3, 0.4) is 0 Å². The normalized spacial score (nSPS) is 15.3. The van der Waals surface area contributed by atoms with E-state index < -0.39 is 0 Å². The number of fused-ring (bicyclic) bond motifs is 1. The molecule has 146 valence electrons. The highest BCUT2D eigenvalue weighted by molar-refractivity contribution is 6.30. The minimum absolute atomic E-state index is 0.540. The van der Waals surface area contributed by atoms with Crippen molar-refractivity contribution in [2.75, 3.05) is 36.8 Å². The number of hydrogen-bond acceptors (Lipinski definition) is 7. The van der Waals surface area contributed by atoms with E-state index in [-0.39, 0.29) is 0 Å². The van der Waals surface area contributed by atoms with Crippen LogP contribution in [-0.4, -0.2) is 51.0 Å². The molecule has 3 heterocycles. The summed E-state index contributed by atoms with van der Waals surface area (Å²) in [4.78, 5) is 22.8. The first-order valence-corrected chi connectivity index (χ1v) is 9.94. The number of rotatable bonds is 4. The lowest BCUT2D eigenvalue weighted by Gasteiger charge is -2.36. The van der Waals surface area contributed by atoms with Gasteiger partial charge in [0.05, 0.1) is 12.1 Å². The molecule has 2 aromatic heterocycles. The Bertz CT molecular complexity index is 999. The summed E-state index contributed by atoms with van der Waals surface area (Å²) in [6.07, 6.45) is 0.818. The quantitative estimate of drug-likeness (QED) is 0.677. The van der Waals surface area contributed by atoms with E-state index in [1.807, 2.05) is 31.2 Å². The zero-order chi connectivity index (χ0) is 19.7. The second-order valence-corrected chi connectivity index (χ2v) is 7.38. The number of hydrogen-bond donors (Lipinski definition) is 1. The van der Waals surface area contributed by atoms with Gasteiger partial charge in [0.25, 0.3) is 0 Å². The molecule has 28 heavy (non-hydrogen) atoms. The maximum absolute atomic E-state index is 6.34. The molecular formula is C20H24ClN7. The molecule has 1 fully saturated rings. The van der Waals surface area contributed by atoms with Crippen molar-refractivity contribution in [1.29, 1.82) is 0 Å². The van der Waals surface area contributed by atoms with Gasteiger partial charge >= 0.3 is 0 Å². The Morgan fingerprint density at radius 2 is 1.79 bits per heavy atom. The van der Waals surface area contributed by atoms with Crippen molar-refractivity contribution in [1.82, 2.24) is 24.8 Å². The van der Waals surface area contributed by atoms with E-state index in [0.29, 0.717) is 23.3 Å². The SMILES string of the molecule is CCc1c(Cl)nc(C)nc1N1CCN(Cc2nc(N)c3ccccc3n2)CC1. The van der Waals surface area contributed by atoms with Crippen molar-refractivity contribution in [3.8, 4) is 0 Å². The summed E-state index contributed by atoms with van der Waals surface area (Å²) in [6.45, 7) is 8.21. The summed E-state index contributed by atoms with van der Waals surface area (Å²) in [5.41, 5.74) is 8.03. The van der Waals surface area contributed by atoms with Gasteiger partial charge in [-0.05, 0) is 25.5 Å². The van der Waals surface area contributed by atoms with E-state index in [2.05, 4.69) is 36.7 Å². The van der Waals surface area contributed by atoms with E-state index in [9.17, 15) is 0 Å². The third kappa shape index (κ3) is 3.72. The smallest absolute Gasteiger partial charge is 0.145 e. The van der Waals surface area contributed by atoms with E-state index in [0.717, 1.165) is 60.7 Å². The van der Waals surface area contributed by atoms with Crippen molar-refractivity contribution in [3.05, 3.63) is 46.6 Å². The van der Waals surface area contributed by atoms with Crippen LogP contribution >= 0.6 is 11.6 Å². The topological polar surface area (TPSA) is 84.1 Å². The van der Waals surface area contributed by atoms with Crippen molar-refractivity contribution in [2.24, 2.45) is 0 Å². The van der Waals surface area contributed by atoms with Gasteiger partial charge in [-0.1, -0.05) is 30.7 Å². The number of halogens is 1. The third-order valence-electron chi connectivity index (χ3n) is 5.12. The van der Waals surface area contributed by atoms with Gasteiger partial charge in [-0.2, -0.15) is 0 Å². The molecule has 1 saturated heterocycles. The maximum Gasteiger partial charge on any atom is 0.145 e. The molecule has 0 spiro atoms. The highest BCUT2D eigenvalue weighted by atomic mass is 35.5. The second-order valence-electron chi connectivity index (χ2n) is 7.02. The molecular weight excluding hydrogens is 374 g/mol. The highest BCUT2D eigenvalue weighted by Gasteiger charge is 2.22. The van der Waals surface area contributed by atoms with Crippen molar-refractivity contribution >= 4 is 34.1 Å². The number of piperazine rings is 1. The number of aryl methyl sites for hydroxylation is 1. The third-order valence-corrected chi connectivity index (χ3v) is 5.43. The number of nitrogen functional groups attached to an aromatic ring is 1. The standard InChI is InChI=1S/C20H24ClN7/c1-3-14-18(21)23-13(2)24-20(14)28-10-8-27(9-11-28)12-17-25-16-7-5-4-6-15(16)19(22)26-17/h4-7H,3,8-12H2,1-2H3,(H2,22,25,26). The first-order valence-electron chi connectivity index (χ1n) is 9.56. The average Bonchev–Trinajstić information content (AvgIpc) is 2.68. The molecule has 3 aromatic rings. The molecule has 0 radical (unpaired) electrons. The van der Waals surface area contributed by atoms with Crippen LogP contribution in [0.4, 0.5) is 11.6 Å². The molecule has 7 nitrogen and oxygen atoms in total. The number of para-hydroxylation sites is 1. The molecule has 2 N–H and O–H groups in total. The number of nitrogens with two attached hydrogens (primary N) is 1. The minimum atomic E-state index is 0.540. The van der Waals surface area contributed by atoms with Crippen molar-refractivity contribution < 1.29 is 0 Å². The lowest BCUT2D eigenvalue weighted by atomic mass is 10.2. The minimum Gasteiger partial charge on any atom is -0.383 e. The molecule has 0 saturated carbocycles. The molecule has 1 aliphatic rings. The molecule has 8 heteroatoms. The molecule has 0 amide bonds. The van der Waals surface area contributed by atoms with Crippen molar-refractivity contribution in [3.63, 3.8) is 0 Å². The lowest BCUT2D eigenvalue weighted by molar-refractivity contribution is 0.243. The number of anilines is 2. The Morgan fingerprint density at radius 3 is 2.54 bits per heavy atom. The molecule has 0 unspecified atom stereocenters. The van der Waals surface area contributed by atoms with Gasteiger partial charge in [-0.15, -0.1) is 0 Å². The number of benzene rings is 1. The first kappa shape index (κ1) is 18.8. The van der Waals surface area contributed by atoms with Crippen LogP contribution in [0, 0.1) is 6.92 Å². The van der Waals surface area contributed by atoms with Gasteiger partial charge in [0.1, 0.15) is 28.4 Å². The van der Waals surface area contributed by atoms with E-state index in [1.165, 1.54) is 0 Å². The Labute approximate surface area is 169 Å². The Hall–Kier alpha value is -2.51. The largest absolute Gasteiger partial charge is 0.383 e. The van der Waals surface area contributed by atoms with E-state index in [4.69, 9.17) is 17.3 Å². The summed E-state index contributed by atoms with van der Waals surface area (Å²) >= 11 is 6.34. The Morgan fingerprint density at radius 1 is 1.04 bits per heavy atom. The number of aromatic nitrogens is 4. The molecule has 0 bridgehead atoms. The monoisotopic (exact) mass is 397 g/mol.